The molecule has 0 heterocycles. The van der Waals surface area contributed by atoms with Crippen LogP contribution in [0.1, 0.15) is 144 Å². The van der Waals surface area contributed by atoms with Gasteiger partial charge in [0.05, 0.1) is 11.5 Å². The molecule has 2 amide bonds. The molecule has 0 radical (unpaired) electrons. The molecule has 5 aliphatic carbocycles. The first-order chi connectivity index (χ1) is 22.0. The van der Waals surface area contributed by atoms with Gasteiger partial charge in [-0.2, -0.15) is 0 Å². The highest BCUT2D eigenvalue weighted by molar-refractivity contribution is 5.84. The summed E-state index contributed by atoms with van der Waals surface area (Å²) in [5.41, 5.74) is 1.56. The Labute approximate surface area is 284 Å². The fraction of sp³-hybridized carbons (Fsp3) is 0.875. The van der Waals surface area contributed by atoms with E-state index in [1.165, 1.54) is 31.3 Å². The van der Waals surface area contributed by atoms with E-state index in [1.54, 1.807) is 0 Å². The van der Waals surface area contributed by atoms with Crippen LogP contribution in [0, 0.1) is 56.7 Å². The highest BCUT2D eigenvalue weighted by Gasteiger charge is 2.71. The molecule has 5 fully saturated rings. The molecule has 266 valence electrons. The highest BCUT2D eigenvalue weighted by atomic mass is 16.4. The molecule has 0 unspecified atom stereocenters. The Bertz CT molecular complexity index is 1210. The van der Waals surface area contributed by atoms with Crippen molar-refractivity contribution >= 4 is 17.8 Å². The zero-order valence-corrected chi connectivity index (χ0v) is 30.5. The molecular formula is C40H66N2O5. The van der Waals surface area contributed by atoms with Crippen LogP contribution in [0.3, 0.4) is 0 Å². The number of carboxylic acid groups (broad SMARTS) is 1. The smallest absolute Gasteiger partial charge is 0.303 e. The highest BCUT2D eigenvalue weighted by Crippen LogP contribution is 2.77. The van der Waals surface area contributed by atoms with Gasteiger partial charge >= 0.3 is 5.97 Å². The van der Waals surface area contributed by atoms with E-state index in [0.717, 1.165) is 57.8 Å². The number of hydrogen-bond donors (Lipinski definition) is 4. The second-order valence-electron chi connectivity index (χ2n) is 18.1. The third-order valence-corrected chi connectivity index (χ3v) is 15.8. The molecule has 4 N–H and O–H groups in total. The van der Waals surface area contributed by atoms with E-state index in [1.807, 2.05) is 0 Å². The molecule has 10 atom stereocenters. The number of fused-ring (bicyclic) bond motifs is 7. The van der Waals surface area contributed by atoms with Crippen molar-refractivity contribution < 1.29 is 24.6 Å². The standard InChI is InChI=1S/C40H66N2O5/c1-26(2)27-16-21-40(35(47)42-24-10-8-9-12-32(44)41-25-11-13-33(45)46)23-22-38(6)28(34(27)40)14-15-30-37(5)19-18-31(43)36(3,4)29(37)17-20-39(30,38)7/h27-31,34,43H,1,8-25H2,2-7H3,(H,41,44)(H,42,47)(H,45,46)/t27-,28+,29-,30+,31-,34+,37-,38+,39+,40-/m0/s1. The number of carbonyl (C=O) groups excluding carboxylic acids is 2. The lowest BCUT2D eigenvalue weighted by Crippen LogP contribution is -2.67. The third kappa shape index (κ3) is 6.11. The Morgan fingerprint density at radius 1 is 0.745 bits per heavy atom. The first-order valence-electron chi connectivity index (χ1n) is 19.1. The summed E-state index contributed by atoms with van der Waals surface area (Å²) in [7, 11) is 0. The van der Waals surface area contributed by atoms with Crippen molar-refractivity contribution in [2.75, 3.05) is 13.1 Å². The zero-order chi connectivity index (χ0) is 34.4. The van der Waals surface area contributed by atoms with Gasteiger partial charge in [0.1, 0.15) is 0 Å². The maximum atomic E-state index is 14.3. The summed E-state index contributed by atoms with van der Waals surface area (Å²) in [6, 6.07) is 0. The number of allylic oxidation sites excluding steroid dienone is 1. The topological polar surface area (TPSA) is 116 Å². The zero-order valence-electron chi connectivity index (χ0n) is 30.5. The summed E-state index contributed by atoms with van der Waals surface area (Å²) in [5, 5.41) is 26.0. The van der Waals surface area contributed by atoms with Crippen LogP contribution in [-0.4, -0.2) is 47.2 Å². The number of carboxylic acids is 1. The van der Waals surface area contributed by atoms with Gasteiger partial charge in [0.15, 0.2) is 0 Å². The van der Waals surface area contributed by atoms with Gasteiger partial charge in [-0.3, -0.25) is 14.4 Å². The Morgan fingerprint density at radius 3 is 2.17 bits per heavy atom. The van der Waals surface area contributed by atoms with Crippen molar-refractivity contribution in [3.8, 4) is 0 Å². The molecule has 5 saturated carbocycles. The van der Waals surface area contributed by atoms with Crippen LogP contribution in [-0.2, 0) is 14.4 Å². The van der Waals surface area contributed by atoms with Gasteiger partial charge in [-0.1, -0.05) is 53.2 Å². The van der Waals surface area contributed by atoms with Gasteiger partial charge in [-0.05, 0) is 142 Å². The normalized spacial score (nSPS) is 41.9. The summed E-state index contributed by atoms with van der Waals surface area (Å²) in [5.74, 6) is 1.86. The Kier molecular flexibility index (Phi) is 10.4. The van der Waals surface area contributed by atoms with E-state index in [-0.39, 0.29) is 51.4 Å². The van der Waals surface area contributed by atoms with Crippen molar-refractivity contribution in [3.63, 3.8) is 0 Å². The van der Waals surface area contributed by atoms with E-state index in [2.05, 4.69) is 58.8 Å². The fourth-order valence-corrected chi connectivity index (χ4v) is 13.0. The minimum atomic E-state index is -0.841. The van der Waals surface area contributed by atoms with Crippen LogP contribution in [0.4, 0.5) is 0 Å². The van der Waals surface area contributed by atoms with E-state index in [4.69, 9.17) is 5.11 Å². The molecule has 7 heteroatoms. The number of aliphatic hydroxyl groups excluding tert-OH is 1. The van der Waals surface area contributed by atoms with Crippen LogP contribution in [0.2, 0.25) is 0 Å². The van der Waals surface area contributed by atoms with Crippen molar-refractivity contribution in [1.82, 2.24) is 10.6 Å². The largest absolute Gasteiger partial charge is 0.481 e. The number of aliphatic hydroxyl groups is 1. The van der Waals surface area contributed by atoms with Crippen LogP contribution in [0.15, 0.2) is 12.2 Å². The Balaban J connectivity index is 1.24. The first-order valence-corrected chi connectivity index (χ1v) is 19.1. The molecule has 0 bridgehead atoms. The molecule has 5 rings (SSSR count). The van der Waals surface area contributed by atoms with E-state index in [0.29, 0.717) is 55.5 Å². The lowest BCUT2D eigenvalue weighted by molar-refractivity contribution is -0.246. The summed E-state index contributed by atoms with van der Waals surface area (Å²) >= 11 is 0. The van der Waals surface area contributed by atoms with Gasteiger partial charge in [0.2, 0.25) is 11.8 Å². The number of amides is 2. The minimum Gasteiger partial charge on any atom is -0.481 e. The van der Waals surface area contributed by atoms with Crippen LogP contribution >= 0.6 is 0 Å². The molecule has 0 aliphatic heterocycles. The SMILES string of the molecule is C=C(C)[C@@H]1CC[C@]2(C(=O)NCCCCCC(=O)NCCCC(=O)O)CC[C@]3(C)[C@H](CC[C@@H]4[C@@]5(C)CC[C@H](O)C(C)(C)[C@@H]5CC[C@]43C)[C@@H]12. The summed E-state index contributed by atoms with van der Waals surface area (Å²) in [6.07, 6.45) is 14.3. The molecule has 0 saturated heterocycles. The molecule has 0 aromatic carbocycles. The number of nitrogens with one attached hydrogen (secondary N) is 2. The molecule has 5 aliphatic rings. The molecule has 47 heavy (non-hydrogen) atoms. The Hall–Kier alpha value is -1.89. The monoisotopic (exact) mass is 654 g/mol. The third-order valence-electron chi connectivity index (χ3n) is 15.8. The maximum Gasteiger partial charge on any atom is 0.303 e. The van der Waals surface area contributed by atoms with E-state index in [9.17, 15) is 19.5 Å². The quantitative estimate of drug-likeness (QED) is 0.127. The molecule has 0 spiro atoms. The van der Waals surface area contributed by atoms with Crippen molar-refractivity contribution in [2.24, 2.45) is 56.7 Å². The number of unbranched alkanes of at least 4 members (excludes halogenated alkanes) is 2. The number of carbonyl (C=O) groups is 3. The van der Waals surface area contributed by atoms with Gasteiger partial charge in [-0.25, -0.2) is 0 Å². The lowest BCUT2D eigenvalue weighted by Gasteiger charge is -2.72. The molecular weight excluding hydrogens is 588 g/mol. The van der Waals surface area contributed by atoms with Crippen molar-refractivity contribution in [2.45, 2.75) is 150 Å². The average molecular weight is 655 g/mol. The molecule has 7 nitrogen and oxygen atoms in total. The number of hydrogen-bond acceptors (Lipinski definition) is 4. The maximum absolute atomic E-state index is 14.3. The molecule has 0 aromatic rings. The second kappa shape index (κ2) is 13.4. The lowest BCUT2D eigenvalue weighted by atomic mass is 9.32. The van der Waals surface area contributed by atoms with Crippen LogP contribution < -0.4 is 10.6 Å². The Morgan fingerprint density at radius 2 is 1.47 bits per heavy atom. The van der Waals surface area contributed by atoms with Crippen LogP contribution in [0.5, 0.6) is 0 Å². The fourth-order valence-electron chi connectivity index (χ4n) is 13.0. The number of rotatable bonds is 12. The first kappa shape index (κ1) is 36.4. The van der Waals surface area contributed by atoms with Gasteiger partial charge < -0.3 is 20.8 Å². The van der Waals surface area contributed by atoms with Crippen molar-refractivity contribution in [1.29, 1.82) is 0 Å². The van der Waals surface area contributed by atoms with E-state index < -0.39 is 5.97 Å². The summed E-state index contributed by atoms with van der Waals surface area (Å²) in [4.78, 5) is 37.0. The van der Waals surface area contributed by atoms with Crippen molar-refractivity contribution in [3.05, 3.63) is 12.2 Å². The summed E-state index contributed by atoms with van der Waals surface area (Å²) in [6.45, 7) is 20.2. The minimum absolute atomic E-state index is 0.0288. The van der Waals surface area contributed by atoms with Crippen LogP contribution in [0.25, 0.3) is 0 Å². The average Bonchev–Trinajstić information content (AvgIpc) is 3.41. The van der Waals surface area contributed by atoms with E-state index >= 15 is 0 Å². The predicted molar refractivity (Wildman–Crippen MR) is 186 cm³/mol. The number of aliphatic carboxylic acids is 1. The van der Waals surface area contributed by atoms with Gasteiger partial charge in [0, 0.05) is 25.9 Å². The predicted octanol–water partition coefficient (Wildman–Crippen LogP) is 7.66. The molecule has 0 aromatic heterocycles. The van der Waals surface area contributed by atoms with Gasteiger partial charge in [-0.15, -0.1) is 0 Å². The second-order valence-corrected chi connectivity index (χ2v) is 18.1. The summed E-state index contributed by atoms with van der Waals surface area (Å²) < 4.78 is 0. The van der Waals surface area contributed by atoms with Gasteiger partial charge in [0.25, 0.3) is 0 Å².